The second-order valence-electron chi connectivity index (χ2n) is 5.36. The Morgan fingerprint density at radius 1 is 1.40 bits per heavy atom. The first-order valence-electron chi connectivity index (χ1n) is 7.20. The van der Waals surface area contributed by atoms with Crippen LogP contribution in [0.4, 0.5) is 0 Å². The Balaban J connectivity index is 1.86. The molecule has 1 atom stereocenters. The molecule has 1 saturated heterocycles. The van der Waals surface area contributed by atoms with E-state index in [2.05, 4.69) is 5.32 Å². The van der Waals surface area contributed by atoms with Crippen molar-refractivity contribution in [2.24, 2.45) is 0 Å². The molecule has 0 radical (unpaired) electrons. The maximum Gasteiger partial charge on any atom is 0.240 e. The van der Waals surface area contributed by atoms with Crippen molar-refractivity contribution in [3.8, 4) is 0 Å². The lowest BCUT2D eigenvalue weighted by atomic mass is 10.2. The van der Waals surface area contributed by atoms with E-state index in [-0.39, 0.29) is 24.4 Å². The maximum absolute atomic E-state index is 12.0. The van der Waals surface area contributed by atoms with E-state index >= 15 is 0 Å². The van der Waals surface area contributed by atoms with Crippen molar-refractivity contribution >= 4 is 11.8 Å². The first-order chi connectivity index (χ1) is 9.56. The third-order valence-electron chi connectivity index (χ3n) is 3.57. The molecule has 1 aliphatic rings. The zero-order valence-corrected chi connectivity index (χ0v) is 12.1. The lowest BCUT2D eigenvalue weighted by Crippen LogP contribution is -2.41. The molecule has 0 aliphatic carbocycles. The minimum absolute atomic E-state index is 0.0825. The minimum Gasteiger partial charge on any atom is -0.464 e. The van der Waals surface area contributed by atoms with Crippen molar-refractivity contribution in [1.82, 2.24) is 10.2 Å². The lowest BCUT2D eigenvalue weighted by molar-refractivity contribution is -0.135. The summed E-state index contributed by atoms with van der Waals surface area (Å²) in [6, 6.07) is 3.55. The van der Waals surface area contributed by atoms with Gasteiger partial charge < -0.3 is 14.6 Å². The largest absolute Gasteiger partial charge is 0.464 e. The quantitative estimate of drug-likeness (QED) is 0.918. The summed E-state index contributed by atoms with van der Waals surface area (Å²) in [7, 11) is 0. The van der Waals surface area contributed by atoms with Gasteiger partial charge in [0.1, 0.15) is 11.5 Å². The molecule has 0 spiro atoms. The number of carbonyl (C=O) groups excluding carboxylic acids is 2. The zero-order valence-electron chi connectivity index (χ0n) is 12.1. The van der Waals surface area contributed by atoms with Gasteiger partial charge >= 0.3 is 0 Å². The van der Waals surface area contributed by atoms with Crippen LogP contribution in [0.1, 0.15) is 50.2 Å². The van der Waals surface area contributed by atoms with Crippen molar-refractivity contribution < 1.29 is 14.0 Å². The van der Waals surface area contributed by atoms with E-state index in [0.717, 1.165) is 30.8 Å². The molecular formula is C15H22N2O3. The summed E-state index contributed by atoms with van der Waals surface area (Å²) in [4.78, 5) is 25.5. The Bertz CT molecular complexity index is 481. The molecule has 1 aliphatic heterocycles. The monoisotopic (exact) mass is 278 g/mol. The van der Waals surface area contributed by atoms with E-state index in [1.807, 2.05) is 26.0 Å². The van der Waals surface area contributed by atoms with Crippen LogP contribution in [0.25, 0.3) is 0 Å². The Hall–Kier alpha value is -1.78. The summed E-state index contributed by atoms with van der Waals surface area (Å²) < 4.78 is 5.48. The van der Waals surface area contributed by atoms with E-state index in [4.69, 9.17) is 4.42 Å². The Morgan fingerprint density at radius 2 is 2.20 bits per heavy atom. The Morgan fingerprint density at radius 3 is 2.90 bits per heavy atom. The predicted molar refractivity (Wildman–Crippen MR) is 75.1 cm³/mol. The molecule has 0 bridgehead atoms. The van der Waals surface area contributed by atoms with Gasteiger partial charge in [0.15, 0.2) is 0 Å². The molecule has 2 heterocycles. The highest BCUT2D eigenvalue weighted by Gasteiger charge is 2.20. The molecule has 2 amide bonds. The molecule has 1 N–H and O–H groups in total. The highest BCUT2D eigenvalue weighted by molar-refractivity contribution is 5.85. The number of rotatable bonds is 4. The highest BCUT2D eigenvalue weighted by atomic mass is 16.3. The van der Waals surface area contributed by atoms with Gasteiger partial charge in [-0.15, -0.1) is 0 Å². The molecule has 0 aromatic carbocycles. The van der Waals surface area contributed by atoms with Crippen molar-refractivity contribution in [2.75, 3.05) is 13.1 Å². The minimum atomic E-state index is -0.182. The van der Waals surface area contributed by atoms with Crippen molar-refractivity contribution in [3.63, 3.8) is 0 Å². The number of amides is 2. The standard InChI is InChI=1S/C15H22N2O3/c1-11-7-8-13(20-11)12(2)16-14(18)10-17-9-5-3-4-6-15(17)19/h7-8,12H,3-6,9-10H2,1-2H3,(H,16,18)/t12-/m0/s1. The molecule has 1 aromatic rings. The summed E-state index contributed by atoms with van der Waals surface area (Å²) in [5.74, 6) is 1.50. The summed E-state index contributed by atoms with van der Waals surface area (Å²) in [6.45, 7) is 4.57. The predicted octanol–water partition coefficient (Wildman–Crippen LogP) is 2.17. The summed E-state index contributed by atoms with van der Waals surface area (Å²) in [5.41, 5.74) is 0. The molecule has 20 heavy (non-hydrogen) atoms. The number of hydrogen-bond acceptors (Lipinski definition) is 3. The van der Waals surface area contributed by atoms with E-state index in [1.54, 1.807) is 4.90 Å². The molecule has 1 fully saturated rings. The lowest BCUT2D eigenvalue weighted by Gasteiger charge is -2.21. The fourth-order valence-corrected chi connectivity index (χ4v) is 2.42. The number of carbonyl (C=O) groups is 2. The van der Waals surface area contributed by atoms with Gasteiger partial charge in [-0.2, -0.15) is 0 Å². The Kier molecular flexibility index (Phi) is 4.82. The number of furan rings is 1. The zero-order chi connectivity index (χ0) is 14.5. The third-order valence-corrected chi connectivity index (χ3v) is 3.57. The van der Waals surface area contributed by atoms with Gasteiger partial charge in [-0.1, -0.05) is 6.42 Å². The number of nitrogens with one attached hydrogen (secondary N) is 1. The van der Waals surface area contributed by atoms with Crippen LogP contribution in [0.5, 0.6) is 0 Å². The third kappa shape index (κ3) is 3.85. The van der Waals surface area contributed by atoms with Crippen molar-refractivity contribution in [2.45, 2.75) is 45.6 Å². The van der Waals surface area contributed by atoms with Gasteiger partial charge in [-0.05, 0) is 38.8 Å². The topological polar surface area (TPSA) is 62.6 Å². The van der Waals surface area contributed by atoms with Gasteiger partial charge in [0.2, 0.25) is 11.8 Å². The Labute approximate surface area is 119 Å². The van der Waals surface area contributed by atoms with E-state index in [9.17, 15) is 9.59 Å². The van der Waals surface area contributed by atoms with Crippen LogP contribution in [-0.4, -0.2) is 29.8 Å². The average Bonchev–Trinajstić information content (AvgIpc) is 2.73. The van der Waals surface area contributed by atoms with Crippen molar-refractivity contribution in [1.29, 1.82) is 0 Å². The average molecular weight is 278 g/mol. The van der Waals surface area contributed by atoms with E-state index in [1.165, 1.54) is 0 Å². The first-order valence-corrected chi connectivity index (χ1v) is 7.20. The molecule has 110 valence electrons. The molecule has 0 unspecified atom stereocenters. The smallest absolute Gasteiger partial charge is 0.240 e. The fourth-order valence-electron chi connectivity index (χ4n) is 2.42. The van der Waals surface area contributed by atoms with E-state index < -0.39 is 0 Å². The number of nitrogens with zero attached hydrogens (tertiary/aromatic N) is 1. The van der Waals surface area contributed by atoms with Crippen LogP contribution in [0.15, 0.2) is 16.5 Å². The van der Waals surface area contributed by atoms with Gasteiger partial charge in [-0.3, -0.25) is 9.59 Å². The summed E-state index contributed by atoms with van der Waals surface area (Å²) >= 11 is 0. The van der Waals surface area contributed by atoms with Crippen LogP contribution >= 0.6 is 0 Å². The highest BCUT2D eigenvalue weighted by Crippen LogP contribution is 2.16. The molecule has 5 heteroatoms. The SMILES string of the molecule is Cc1ccc([C@H](C)NC(=O)CN2CCCCCC2=O)o1. The molecule has 2 rings (SSSR count). The first kappa shape index (κ1) is 14.6. The second kappa shape index (κ2) is 6.59. The number of aryl methyl sites for hydroxylation is 1. The van der Waals surface area contributed by atoms with Gasteiger partial charge in [0.05, 0.1) is 12.6 Å². The molecule has 1 aromatic heterocycles. The maximum atomic E-state index is 12.0. The molecule has 5 nitrogen and oxygen atoms in total. The summed E-state index contributed by atoms with van der Waals surface area (Å²) in [6.07, 6.45) is 3.52. The molecular weight excluding hydrogens is 256 g/mol. The van der Waals surface area contributed by atoms with Crippen molar-refractivity contribution in [3.05, 3.63) is 23.7 Å². The molecule has 0 saturated carbocycles. The summed E-state index contributed by atoms with van der Waals surface area (Å²) in [5, 5.41) is 2.87. The van der Waals surface area contributed by atoms with Gasteiger partial charge in [-0.25, -0.2) is 0 Å². The normalized spacial score (nSPS) is 17.7. The van der Waals surface area contributed by atoms with Gasteiger partial charge in [0.25, 0.3) is 0 Å². The van der Waals surface area contributed by atoms with Gasteiger partial charge in [0, 0.05) is 13.0 Å². The van der Waals surface area contributed by atoms with Crippen LogP contribution in [-0.2, 0) is 9.59 Å². The van der Waals surface area contributed by atoms with Crippen LogP contribution in [0.3, 0.4) is 0 Å². The second-order valence-corrected chi connectivity index (χ2v) is 5.36. The van der Waals surface area contributed by atoms with Crippen LogP contribution in [0, 0.1) is 6.92 Å². The number of hydrogen-bond donors (Lipinski definition) is 1. The van der Waals surface area contributed by atoms with Crippen LogP contribution < -0.4 is 5.32 Å². The number of likely N-dealkylation sites (tertiary alicyclic amines) is 1. The van der Waals surface area contributed by atoms with E-state index in [0.29, 0.717) is 13.0 Å². The van der Waals surface area contributed by atoms with Crippen LogP contribution in [0.2, 0.25) is 0 Å². The fraction of sp³-hybridized carbons (Fsp3) is 0.600.